The Morgan fingerprint density at radius 3 is 2.68 bits per heavy atom. The van der Waals surface area contributed by atoms with Crippen LogP contribution in [0.2, 0.25) is 0 Å². The molecule has 5 nitrogen and oxygen atoms in total. The first-order valence-electron chi connectivity index (χ1n) is 5.95. The van der Waals surface area contributed by atoms with Crippen molar-refractivity contribution >= 4 is 11.9 Å². The number of hydrogen-bond acceptors (Lipinski definition) is 3. The second-order valence-corrected chi connectivity index (χ2v) is 4.02. The van der Waals surface area contributed by atoms with Crippen LogP contribution >= 0.6 is 0 Å². The zero-order chi connectivity index (χ0) is 14.4. The predicted molar refractivity (Wildman–Crippen MR) is 68.4 cm³/mol. The van der Waals surface area contributed by atoms with Gasteiger partial charge < -0.3 is 10.1 Å². The molecule has 1 unspecified atom stereocenters. The molecule has 0 fully saturated rings. The van der Waals surface area contributed by atoms with Crippen LogP contribution in [0, 0.1) is 12.7 Å². The number of benzene rings is 1. The Hall–Kier alpha value is -2.11. The number of aryl methyl sites for hydroxylation is 1. The van der Waals surface area contributed by atoms with Gasteiger partial charge in [0.2, 0.25) is 0 Å². The van der Waals surface area contributed by atoms with Crippen molar-refractivity contribution in [2.75, 3.05) is 6.54 Å². The molecule has 19 heavy (non-hydrogen) atoms. The van der Waals surface area contributed by atoms with E-state index in [9.17, 15) is 14.0 Å². The summed E-state index contributed by atoms with van der Waals surface area (Å²) in [4.78, 5) is 22.8. The van der Waals surface area contributed by atoms with Crippen molar-refractivity contribution < 1.29 is 18.7 Å². The number of nitrogens with one attached hydrogen (secondary N) is 2. The number of amides is 3. The van der Waals surface area contributed by atoms with E-state index < -0.39 is 18.0 Å². The molecule has 0 aliphatic rings. The van der Waals surface area contributed by atoms with Crippen LogP contribution in [0.25, 0.3) is 0 Å². The topological polar surface area (TPSA) is 67.4 Å². The van der Waals surface area contributed by atoms with Crippen molar-refractivity contribution in [1.82, 2.24) is 10.6 Å². The first-order chi connectivity index (χ1) is 8.93. The van der Waals surface area contributed by atoms with Crippen molar-refractivity contribution in [3.05, 3.63) is 29.6 Å². The molecule has 0 saturated heterocycles. The summed E-state index contributed by atoms with van der Waals surface area (Å²) >= 11 is 0. The molecule has 0 aliphatic heterocycles. The van der Waals surface area contributed by atoms with Gasteiger partial charge in [-0.25, -0.2) is 9.18 Å². The number of carbonyl (C=O) groups excluding carboxylic acids is 2. The van der Waals surface area contributed by atoms with Crippen molar-refractivity contribution in [2.45, 2.75) is 26.9 Å². The number of ether oxygens (including phenoxy) is 1. The van der Waals surface area contributed by atoms with E-state index in [4.69, 9.17) is 4.74 Å². The fraction of sp³-hybridized carbons (Fsp3) is 0.385. The van der Waals surface area contributed by atoms with Gasteiger partial charge in [-0.05, 0) is 44.5 Å². The van der Waals surface area contributed by atoms with E-state index >= 15 is 0 Å². The summed E-state index contributed by atoms with van der Waals surface area (Å²) < 4.78 is 18.4. The largest absolute Gasteiger partial charge is 0.481 e. The minimum atomic E-state index is -0.854. The van der Waals surface area contributed by atoms with Crippen LogP contribution < -0.4 is 15.4 Å². The third-order valence-corrected chi connectivity index (χ3v) is 2.39. The summed E-state index contributed by atoms with van der Waals surface area (Å²) in [5.74, 6) is -0.530. The van der Waals surface area contributed by atoms with Gasteiger partial charge in [-0.1, -0.05) is 0 Å². The first kappa shape index (κ1) is 14.9. The zero-order valence-electron chi connectivity index (χ0n) is 11.1. The van der Waals surface area contributed by atoms with Crippen molar-refractivity contribution in [1.29, 1.82) is 0 Å². The smallest absolute Gasteiger partial charge is 0.321 e. The van der Waals surface area contributed by atoms with Crippen LogP contribution in [0.5, 0.6) is 5.75 Å². The fourth-order valence-electron chi connectivity index (χ4n) is 1.37. The summed E-state index contributed by atoms with van der Waals surface area (Å²) in [6, 6.07) is 3.61. The number of rotatable bonds is 4. The molecule has 2 N–H and O–H groups in total. The van der Waals surface area contributed by atoms with Gasteiger partial charge in [0.15, 0.2) is 6.10 Å². The van der Waals surface area contributed by atoms with Crippen molar-refractivity contribution in [3.8, 4) is 5.75 Å². The SMILES string of the molecule is CCNC(=O)NC(=O)C(C)Oc1ccc(F)c(C)c1. The van der Waals surface area contributed by atoms with E-state index in [1.54, 1.807) is 13.8 Å². The second-order valence-electron chi connectivity index (χ2n) is 4.02. The highest BCUT2D eigenvalue weighted by molar-refractivity contribution is 5.96. The predicted octanol–water partition coefficient (Wildman–Crippen LogP) is 1.75. The van der Waals surface area contributed by atoms with Crippen LogP contribution in [-0.2, 0) is 4.79 Å². The Bertz CT molecular complexity index is 477. The highest BCUT2D eigenvalue weighted by Crippen LogP contribution is 2.17. The van der Waals surface area contributed by atoms with Crippen molar-refractivity contribution in [3.63, 3.8) is 0 Å². The van der Waals surface area contributed by atoms with Crippen LogP contribution in [0.4, 0.5) is 9.18 Å². The number of urea groups is 1. The standard InChI is InChI=1S/C13H17FN2O3/c1-4-15-13(18)16-12(17)9(3)19-10-5-6-11(14)8(2)7-10/h5-7,9H,4H2,1-3H3,(H2,15,16,17,18). The molecule has 0 aromatic heterocycles. The van der Waals surface area contributed by atoms with Gasteiger partial charge in [-0.2, -0.15) is 0 Å². The molecule has 1 rings (SSSR count). The van der Waals surface area contributed by atoms with Crippen LogP contribution in [0.15, 0.2) is 18.2 Å². The van der Waals surface area contributed by atoms with Gasteiger partial charge in [0, 0.05) is 6.54 Å². The summed E-state index contributed by atoms with van der Waals surface area (Å²) in [6.45, 7) is 5.27. The molecular formula is C13H17FN2O3. The third kappa shape index (κ3) is 4.57. The Morgan fingerprint density at radius 2 is 2.11 bits per heavy atom. The lowest BCUT2D eigenvalue weighted by Crippen LogP contribution is -2.45. The second kappa shape index (κ2) is 6.72. The van der Waals surface area contributed by atoms with Crippen LogP contribution in [-0.4, -0.2) is 24.6 Å². The van der Waals surface area contributed by atoms with E-state index in [0.29, 0.717) is 17.9 Å². The molecule has 0 bridgehead atoms. The molecule has 6 heteroatoms. The molecule has 104 valence electrons. The summed E-state index contributed by atoms with van der Waals surface area (Å²) in [5.41, 5.74) is 0.425. The van der Waals surface area contributed by atoms with E-state index in [2.05, 4.69) is 10.6 Å². The zero-order valence-corrected chi connectivity index (χ0v) is 11.1. The van der Waals surface area contributed by atoms with Gasteiger partial charge in [0.25, 0.3) is 5.91 Å². The molecular weight excluding hydrogens is 251 g/mol. The molecule has 1 aromatic carbocycles. The van der Waals surface area contributed by atoms with E-state index in [-0.39, 0.29) is 5.82 Å². The molecule has 1 aromatic rings. The highest BCUT2D eigenvalue weighted by Gasteiger charge is 2.17. The molecule has 0 spiro atoms. The van der Waals surface area contributed by atoms with E-state index in [1.807, 2.05) is 0 Å². The number of imide groups is 1. The normalized spacial score (nSPS) is 11.6. The first-order valence-corrected chi connectivity index (χ1v) is 5.95. The van der Waals surface area contributed by atoms with Gasteiger partial charge in [0.05, 0.1) is 0 Å². The van der Waals surface area contributed by atoms with Crippen molar-refractivity contribution in [2.24, 2.45) is 0 Å². The number of carbonyl (C=O) groups is 2. The minimum Gasteiger partial charge on any atom is -0.481 e. The van der Waals surface area contributed by atoms with Crippen LogP contribution in [0.3, 0.4) is 0 Å². The fourth-order valence-corrected chi connectivity index (χ4v) is 1.37. The maximum atomic E-state index is 13.1. The highest BCUT2D eigenvalue weighted by atomic mass is 19.1. The molecule has 0 saturated carbocycles. The number of hydrogen-bond donors (Lipinski definition) is 2. The molecule has 0 aliphatic carbocycles. The minimum absolute atomic E-state index is 0.341. The Balaban J connectivity index is 2.58. The molecule has 1 atom stereocenters. The maximum absolute atomic E-state index is 13.1. The average Bonchev–Trinajstić information content (AvgIpc) is 2.34. The maximum Gasteiger partial charge on any atom is 0.321 e. The molecule has 0 heterocycles. The average molecular weight is 268 g/mol. The summed E-state index contributed by atoms with van der Waals surface area (Å²) in [6.07, 6.45) is -0.854. The van der Waals surface area contributed by atoms with E-state index in [0.717, 1.165) is 0 Å². The Morgan fingerprint density at radius 1 is 1.42 bits per heavy atom. The quantitative estimate of drug-likeness (QED) is 0.874. The lowest BCUT2D eigenvalue weighted by Gasteiger charge is -2.14. The van der Waals surface area contributed by atoms with Gasteiger partial charge in [-0.15, -0.1) is 0 Å². The third-order valence-electron chi connectivity index (χ3n) is 2.39. The summed E-state index contributed by atoms with van der Waals surface area (Å²) in [5, 5.41) is 4.57. The lowest BCUT2D eigenvalue weighted by molar-refractivity contribution is -0.126. The van der Waals surface area contributed by atoms with Gasteiger partial charge >= 0.3 is 6.03 Å². The monoisotopic (exact) mass is 268 g/mol. The lowest BCUT2D eigenvalue weighted by atomic mass is 10.2. The molecule has 3 amide bonds. The Labute approximate surface area is 111 Å². The Kier molecular flexibility index (Phi) is 5.29. The van der Waals surface area contributed by atoms with Gasteiger partial charge in [0.1, 0.15) is 11.6 Å². The number of halogens is 1. The summed E-state index contributed by atoms with van der Waals surface area (Å²) in [7, 11) is 0. The molecule has 0 radical (unpaired) electrons. The van der Waals surface area contributed by atoms with Crippen LogP contribution in [0.1, 0.15) is 19.4 Å². The van der Waals surface area contributed by atoms with E-state index in [1.165, 1.54) is 25.1 Å². The van der Waals surface area contributed by atoms with Gasteiger partial charge in [-0.3, -0.25) is 10.1 Å².